The molecule has 0 aliphatic heterocycles. The highest BCUT2D eigenvalue weighted by molar-refractivity contribution is 6.13. The van der Waals surface area contributed by atoms with E-state index in [4.69, 9.17) is 18.4 Å². The van der Waals surface area contributed by atoms with Crippen LogP contribution in [0.4, 0.5) is 17.1 Å². The average molecular weight is 737 g/mol. The molecule has 0 amide bonds. The third-order valence-corrected chi connectivity index (χ3v) is 10.6. The minimum Gasteiger partial charge on any atom is -0.456 e. The Kier molecular flexibility index (Phi) is 6.26. The number of benzene rings is 9. The molecule has 11 aromatic rings. The van der Waals surface area contributed by atoms with E-state index in [0.717, 1.165) is 72.4 Å². The predicted molar refractivity (Wildman–Crippen MR) is 237 cm³/mol. The lowest BCUT2D eigenvalue weighted by Gasteiger charge is -2.26. The smallest absolute Gasteiger partial charge is 0.143 e. The largest absolute Gasteiger partial charge is 0.456 e. The fraction of sp³-hybridized carbons (Fsp3) is 0. The zero-order valence-corrected chi connectivity index (χ0v) is 30.4. The van der Waals surface area contributed by atoms with E-state index in [-0.39, 0.29) is 57.7 Å². The molecule has 2 aromatic heterocycles. The second-order valence-electron chi connectivity index (χ2n) is 13.9. The Bertz CT molecular complexity index is 3620. The summed E-state index contributed by atoms with van der Waals surface area (Å²) in [6.45, 7) is 0. The third-order valence-electron chi connectivity index (χ3n) is 10.6. The van der Waals surface area contributed by atoms with E-state index in [1.165, 1.54) is 0 Å². The van der Waals surface area contributed by atoms with Crippen molar-refractivity contribution in [2.24, 2.45) is 0 Å². The van der Waals surface area contributed by atoms with Gasteiger partial charge in [-0.2, -0.15) is 0 Å². The highest BCUT2D eigenvalue weighted by Crippen LogP contribution is 2.45. The molecule has 0 spiro atoms. The molecular formula is C54H35NO2. The SMILES string of the molecule is [2H]c1c([2H])c([2H])c2c(oc3c(-c4ccc(N(c5ccc(-c6ccc(-c7ccccc7)c(-c7ccccc7)c6)cc5)c5cccc6oc7ccccc7c56)cc4)c([2H])c([2H])c([2H])c32)c1[2H]. The van der Waals surface area contributed by atoms with Crippen LogP contribution in [0.15, 0.2) is 221 Å². The molecule has 268 valence electrons. The average Bonchev–Trinajstić information content (AvgIpc) is 3.93. The maximum Gasteiger partial charge on any atom is 0.143 e. The van der Waals surface area contributed by atoms with Gasteiger partial charge in [-0.15, -0.1) is 0 Å². The van der Waals surface area contributed by atoms with Gasteiger partial charge in [0.15, 0.2) is 0 Å². The van der Waals surface area contributed by atoms with Gasteiger partial charge in [0.1, 0.15) is 22.3 Å². The lowest BCUT2D eigenvalue weighted by atomic mass is 9.91. The van der Waals surface area contributed by atoms with Crippen molar-refractivity contribution >= 4 is 60.9 Å². The van der Waals surface area contributed by atoms with Gasteiger partial charge in [0.05, 0.1) is 20.7 Å². The number of furan rings is 2. The maximum atomic E-state index is 9.03. The van der Waals surface area contributed by atoms with Gasteiger partial charge in [0, 0.05) is 33.1 Å². The molecule has 0 atom stereocenters. The second kappa shape index (κ2) is 13.6. The van der Waals surface area contributed by atoms with Gasteiger partial charge in [-0.1, -0.05) is 158 Å². The van der Waals surface area contributed by atoms with Crippen LogP contribution in [0.3, 0.4) is 0 Å². The topological polar surface area (TPSA) is 29.5 Å². The zero-order valence-electron chi connectivity index (χ0n) is 37.4. The van der Waals surface area contributed by atoms with Crippen molar-refractivity contribution < 1.29 is 18.4 Å². The van der Waals surface area contributed by atoms with E-state index in [2.05, 4.69) is 108 Å². The number of hydrogen-bond acceptors (Lipinski definition) is 3. The van der Waals surface area contributed by atoms with Crippen LogP contribution in [0, 0.1) is 0 Å². The normalized spacial score (nSPS) is 13.2. The molecule has 0 saturated carbocycles. The van der Waals surface area contributed by atoms with E-state index in [1.807, 2.05) is 66.7 Å². The Morgan fingerprint density at radius 2 is 0.982 bits per heavy atom. The van der Waals surface area contributed by atoms with Gasteiger partial charge in [-0.25, -0.2) is 0 Å². The molecule has 0 aliphatic rings. The van der Waals surface area contributed by atoms with Crippen LogP contribution >= 0.6 is 0 Å². The van der Waals surface area contributed by atoms with Crippen LogP contribution in [0.1, 0.15) is 9.60 Å². The van der Waals surface area contributed by atoms with E-state index in [1.54, 1.807) is 0 Å². The predicted octanol–water partition coefficient (Wildman–Crippen LogP) is 15.6. The lowest BCUT2D eigenvalue weighted by molar-refractivity contribution is 0.669. The minimum atomic E-state index is -0.461. The first kappa shape index (κ1) is 26.2. The number of para-hydroxylation sites is 3. The van der Waals surface area contributed by atoms with E-state index in [0.29, 0.717) is 5.56 Å². The van der Waals surface area contributed by atoms with Gasteiger partial charge in [0.2, 0.25) is 0 Å². The molecule has 3 heteroatoms. The Balaban J connectivity index is 1.06. The Hall–Kier alpha value is -7.62. The van der Waals surface area contributed by atoms with Crippen LogP contribution in [-0.4, -0.2) is 0 Å². The molecule has 0 radical (unpaired) electrons. The van der Waals surface area contributed by atoms with Gasteiger partial charge >= 0.3 is 0 Å². The van der Waals surface area contributed by atoms with Crippen LogP contribution in [0.2, 0.25) is 0 Å². The van der Waals surface area contributed by atoms with Gasteiger partial charge in [-0.3, -0.25) is 0 Å². The van der Waals surface area contributed by atoms with Crippen molar-refractivity contribution in [1.29, 1.82) is 0 Å². The molecular weight excluding hydrogens is 695 g/mol. The summed E-state index contributed by atoms with van der Waals surface area (Å²) in [4.78, 5) is 2.16. The summed E-state index contributed by atoms with van der Waals surface area (Å²) in [5, 5.41) is 2.01. The highest BCUT2D eigenvalue weighted by Gasteiger charge is 2.20. The maximum absolute atomic E-state index is 9.03. The van der Waals surface area contributed by atoms with Crippen LogP contribution in [0.5, 0.6) is 0 Å². The number of hydrogen-bond donors (Lipinski definition) is 0. The summed E-state index contributed by atoms with van der Waals surface area (Å²) in [6, 6.07) is 54.9. The number of anilines is 3. The summed E-state index contributed by atoms with van der Waals surface area (Å²) in [5.41, 5.74) is 11.5. The standard InChI is InChI=1S/C54H35NO2/c1-3-13-37(14-4-1)43-34-29-40(35-48(43)38-15-5-2-6-16-38)36-25-30-41(31-26-36)55(49-21-12-24-52-53(49)47-18-8-10-23-51(47)56-52)42-32-27-39(28-33-42)44-19-11-20-46-45-17-7-9-22-50(45)57-54(44)46/h1-35H/i7D,9D,11D,17D,19D,20D,22D. The summed E-state index contributed by atoms with van der Waals surface area (Å²) < 4.78 is 72.8. The second-order valence-corrected chi connectivity index (χ2v) is 13.9. The summed E-state index contributed by atoms with van der Waals surface area (Å²) in [6.07, 6.45) is 0. The van der Waals surface area contributed by atoms with Crippen molar-refractivity contribution in [1.82, 2.24) is 0 Å². The monoisotopic (exact) mass is 736 g/mol. The van der Waals surface area contributed by atoms with Gasteiger partial charge < -0.3 is 13.7 Å². The molecule has 0 fully saturated rings. The van der Waals surface area contributed by atoms with Crippen molar-refractivity contribution in [3.8, 4) is 44.5 Å². The third kappa shape index (κ3) is 5.68. The fourth-order valence-electron chi connectivity index (χ4n) is 7.93. The molecule has 0 bridgehead atoms. The van der Waals surface area contributed by atoms with Crippen LogP contribution in [-0.2, 0) is 0 Å². The van der Waals surface area contributed by atoms with Crippen LogP contribution in [0.25, 0.3) is 88.4 Å². The summed E-state index contributed by atoms with van der Waals surface area (Å²) in [5.74, 6) is 0. The molecule has 0 unspecified atom stereocenters. The molecule has 3 nitrogen and oxygen atoms in total. The molecule has 0 saturated heterocycles. The summed E-state index contributed by atoms with van der Waals surface area (Å²) in [7, 11) is 0. The van der Waals surface area contributed by atoms with Crippen molar-refractivity contribution in [2.75, 3.05) is 4.90 Å². The number of fused-ring (bicyclic) bond motifs is 6. The minimum absolute atomic E-state index is 0.0239. The van der Waals surface area contributed by atoms with Crippen molar-refractivity contribution in [2.45, 2.75) is 0 Å². The Morgan fingerprint density at radius 3 is 1.75 bits per heavy atom. The Labute approximate surface area is 340 Å². The first-order chi connectivity index (χ1) is 31.2. The molecule has 0 N–H and O–H groups in total. The van der Waals surface area contributed by atoms with E-state index < -0.39 is 12.1 Å². The molecule has 2 heterocycles. The van der Waals surface area contributed by atoms with Crippen molar-refractivity contribution in [3.63, 3.8) is 0 Å². The zero-order chi connectivity index (χ0) is 43.8. The molecule has 9 aromatic carbocycles. The first-order valence-electron chi connectivity index (χ1n) is 22.3. The number of nitrogens with zero attached hydrogens (tertiary/aromatic N) is 1. The Morgan fingerprint density at radius 1 is 0.368 bits per heavy atom. The van der Waals surface area contributed by atoms with Crippen molar-refractivity contribution in [3.05, 3.63) is 212 Å². The van der Waals surface area contributed by atoms with Gasteiger partial charge in [-0.05, 0) is 93.5 Å². The fourth-order valence-corrected chi connectivity index (χ4v) is 7.93. The first-order valence-corrected chi connectivity index (χ1v) is 18.8. The quantitative estimate of drug-likeness (QED) is 0.163. The molecule has 57 heavy (non-hydrogen) atoms. The van der Waals surface area contributed by atoms with Crippen LogP contribution < -0.4 is 4.90 Å². The highest BCUT2D eigenvalue weighted by atomic mass is 16.3. The molecule has 0 aliphatic carbocycles. The lowest BCUT2D eigenvalue weighted by Crippen LogP contribution is -2.10. The molecule has 11 rings (SSSR count). The van der Waals surface area contributed by atoms with Gasteiger partial charge in [0.25, 0.3) is 0 Å². The summed E-state index contributed by atoms with van der Waals surface area (Å²) >= 11 is 0. The van der Waals surface area contributed by atoms with E-state index in [9.17, 15) is 0 Å². The number of rotatable bonds is 7. The van der Waals surface area contributed by atoms with E-state index >= 15 is 0 Å².